The second-order valence-corrected chi connectivity index (χ2v) is 3.78. The average Bonchev–Trinajstić information content (AvgIpc) is 2.75. The minimum absolute atomic E-state index is 0.0711. The molecule has 4 heteroatoms. The van der Waals surface area contributed by atoms with Gasteiger partial charge in [0.2, 0.25) is 0 Å². The molecule has 0 spiro atoms. The number of hydrogen-bond donors (Lipinski definition) is 1. The molecule has 0 atom stereocenters. The van der Waals surface area contributed by atoms with Crippen molar-refractivity contribution >= 4 is 5.78 Å². The number of rotatable bonds is 3. The number of ether oxygens (including phenoxy) is 1. The third kappa shape index (κ3) is 2.15. The molecule has 2 aromatic rings. The van der Waals surface area contributed by atoms with Crippen LogP contribution in [0.5, 0.6) is 11.5 Å². The summed E-state index contributed by atoms with van der Waals surface area (Å²) in [4.78, 5) is 12.1. The summed E-state index contributed by atoms with van der Waals surface area (Å²) >= 11 is 0. The predicted octanol–water partition coefficient (Wildman–Crippen LogP) is 1.97. The minimum atomic E-state index is -0.203. The fourth-order valence-corrected chi connectivity index (χ4v) is 1.62. The number of ketones is 1. The summed E-state index contributed by atoms with van der Waals surface area (Å²) in [7, 11) is 3.35. The van der Waals surface area contributed by atoms with Crippen LogP contribution in [0.15, 0.2) is 36.7 Å². The van der Waals surface area contributed by atoms with Crippen molar-refractivity contribution in [3.63, 3.8) is 0 Å². The summed E-state index contributed by atoms with van der Waals surface area (Å²) in [5.41, 5.74) is 0.824. The van der Waals surface area contributed by atoms with Crippen molar-refractivity contribution in [2.45, 2.75) is 0 Å². The highest BCUT2D eigenvalue weighted by molar-refractivity contribution is 6.10. The van der Waals surface area contributed by atoms with Gasteiger partial charge in [-0.15, -0.1) is 0 Å². The molecule has 1 heterocycles. The van der Waals surface area contributed by atoms with E-state index in [1.54, 1.807) is 35.2 Å². The second-order valence-electron chi connectivity index (χ2n) is 3.78. The van der Waals surface area contributed by atoms with Crippen molar-refractivity contribution < 1.29 is 14.6 Å². The second kappa shape index (κ2) is 4.33. The van der Waals surface area contributed by atoms with Crippen LogP contribution in [0.4, 0.5) is 0 Å². The first kappa shape index (κ1) is 11.3. The number of nitrogens with zero attached hydrogens (tertiary/aromatic N) is 1. The molecule has 1 N–H and O–H groups in total. The van der Waals surface area contributed by atoms with Gasteiger partial charge in [0.25, 0.3) is 0 Å². The summed E-state index contributed by atoms with van der Waals surface area (Å²) in [5.74, 6) is 0.246. The Morgan fingerprint density at radius 1 is 1.35 bits per heavy atom. The van der Waals surface area contributed by atoms with Gasteiger partial charge in [0.05, 0.1) is 12.7 Å². The Hall–Kier alpha value is -2.23. The van der Waals surface area contributed by atoms with Crippen molar-refractivity contribution in [3.8, 4) is 11.5 Å². The van der Waals surface area contributed by atoms with Gasteiger partial charge < -0.3 is 14.4 Å². The summed E-state index contributed by atoms with van der Waals surface area (Å²) in [6.07, 6.45) is 3.50. The molecule has 0 aliphatic rings. The lowest BCUT2D eigenvalue weighted by molar-refractivity contribution is 0.103. The standard InChI is InChI=1S/C13H13NO3/c1-14-6-5-9(8-14)13(16)11-4-3-10(17-2)7-12(11)15/h3-8,15H,1-2H3. The molecule has 1 aromatic heterocycles. The number of phenolic OH excluding ortho intramolecular Hbond substituents is 1. The molecule has 0 unspecified atom stereocenters. The summed E-state index contributed by atoms with van der Waals surface area (Å²) in [5, 5.41) is 9.75. The third-order valence-electron chi connectivity index (χ3n) is 2.54. The van der Waals surface area contributed by atoms with Crippen LogP contribution in [-0.2, 0) is 7.05 Å². The highest BCUT2D eigenvalue weighted by Crippen LogP contribution is 2.25. The maximum absolute atomic E-state index is 12.1. The van der Waals surface area contributed by atoms with Crippen LogP contribution in [0.2, 0.25) is 0 Å². The fourth-order valence-electron chi connectivity index (χ4n) is 1.62. The number of aromatic nitrogens is 1. The molecular formula is C13H13NO3. The molecule has 0 saturated heterocycles. The van der Waals surface area contributed by atoms with Gasteiger partial charge in [0, 0.05) is 31.1 Å². The van der Waals surface area contributed by atoms with E-state index in [2.05, 4.69) is 0 Å². The predicted molar refractivity (Wildman–Crippen MR) is 63.5 cm³/mol. The monoisotopic (exact) mass is 231 g/mol. The fraction of sp³-hybridized carbons (Fsp3) is 0.154. The number of methoxy groups -OCH3 is 1. The van der Waals surface area contributed by atoms with Crippen molar-refractivity contribution in [3.05, 3.63) is 47.8 Å². The molecule has 17 heavy (non-hydrogen) atoms. The summed E-state index contributed by atoms with van der Waals surface area (Å²) in [6.45, 7) is 0. The number of benzene rings is 1. The van der Waals surface area contributed by atoms with E-state index in [1.807, 2.05) is 7.05 Å². The van der Waals surface area contributed by atoms with Crippen molar-refractivity contribution in [2.24, 2.45) is 7.05 Å². The van der Waals surface area contributed by atoms with Crippen LogP contribution in [0.1, 0.15) is 15.9 Å². The zero-order valence-corrected chi connectivity index (χ0v) is 9.68. The number of hydrogen-bond acceptors (Lipinski definition) is 3. The number of phenols is 1. The molecule has 0 amide bonds. The highest BCUT2D eigenvalue weighted by atomic mass is 16.5. The van der Waals surface area contributed by atoms with Gasteiger partial charge in [0.15, 0.2) is 5.78 Å². The molecule has 88 valence electrons. The molecule has 0 saturated carbocycles. The maximum Gasteiger partial charge on any atom is 0.198 e. The Bertz CT molecular complexity index is 558. The lowest BCUT2D eigenvalue weighted by Gasteiger charge is -2.05. The molecule has 0 radical (unpaired) electrons. The molecule has 1 aromatic carbocycles. The number of aromatic hydroxyl groups is 1. The van der Waals surface area contributed by atoms with E-state index in [4.69, 9.17) is 4.74 Å². The number of carbonyl (C=O) groups excluding carboxylic acids is 1. The van der Waals surface area contributed by atoms with E-state index in [1.165, 1.54) is 13.2 Å². The largest absolute Gasteiger partial charge is 0.507 e. The van der Waals surface area contributed by atoms with Crippen molar-refractivity contribution in [1.82, 2.24) is 4.57 Å². The van der Waals surface area contributed by atoms with E-state index >= 15 is 0 Å². The van der Waals surface area contributed by atoms with Gasteiger partial charge in [-0.25, -0.2) is 0 Å². The van der Waals surface area contributed by atoms with Crippen molar-refractivity contribution in [1.29, 1.82) is 0 Å². The first-order valence-electron chi connectivity index (χ1n) is 5.15. The van der Waals surface area contributed by atoms with E-state index in [0.717, 1.165) is 0 Å². The highest BCUT2D eigenvalue weighted by Gasteiger charge is 2.14. The van der Waals surface area contributed by atoms with Crippen LogP contribution in [-0.4, -0.2) is 22.6 Å². The zero-order chi connectivity index (χ0) is 12.4. The molecule has 4 nitrogen and oxygen atoms in total. The van der Waals surface area contributed by atoms with E-state index in [9.17, 15) is 9.90 Å². The van der Waals surface area contributed by atoms with Crippen LogP contribution >= 0.6 is 0 Å². The minimum Gasteiger partial charge on any atom is -0.507 e. The van der Waals surface area contributed by atoms with Crippen LogP contribution in [0, 0.1) is 0 Å². The Kier molecular flexibility index (Phi) is 2.87. The average molecular weight is 231 g/mol. The lowest BCUT2D eigenvalue weighted by Crippen LogP contribution is -2.00. The Balaban J connectivity index is 2.37. The first-order valence-corrected chi connectivity index (χ1v) is 5.15. The first-order chi connectivity index (χ1) is 8.11. The SMILES string of the molecule is COc1ccc(C(=O)c2ccn(C)c2)c(O)c1. The Morgan fingerprint density at radius 3 is 2.65 bits per heavy atom. The quantitative estimate of drug-likeness (QED) is 0.822. The molecule has 0 fully saturated rings. The lowest BCUT2D eigenvalue weighted by atomic mass is 10.0. The van der Waals surface area contributed by atoms with E-state index in [0.29, 0.717) is 11.3 Å². The van der Waals surface area contributed by atoms with Gasteiger partial charge >= 0.3 is 0 Å². The molecule has 0 aliphatic carbocycles. The summed E-state index contributed by atoms with van der Waals surface area (Å²) < 4.78 is 6.75. The zero-order valence-electron chi connectivity index (χ0n) is 9.68. The van der Waals surface area contributed by atoms with Gasteiger partial charge in [0.1, 0.15) is 11.5 Å². The molecular weight excluding hydrogens is 218 g/mol. The van der Waals surface area contributed by atoms with Crippen LogP contribution < -0.4 is 4.74 Å². The van der Waals surface area contributed by atoms with Gasteiger partial charge in [-0.3, -0.25) is 4.79 Å². The maximum atomic E-state index is 12.1. The third-order valence-corrected chi connectivity index (χ3v) is 2.54. The number of carbonyl (C=O) groups is 1. The Morgan fingerprint density at radius 2 is 2.12 bits per heavy atom. The normalized spacial score (nSPS) is 10.2. The van der Waals surface area contributed by atoms with Crippen molar-refractivity contribution in [2.75, 3.05) is 7.11 Å². The summed E-state index contributed by atoms with van der Waals surface area (Å²) in [6, 6.07) is 6.35. The Labute approximate surface area is 99.1 Å². The van der Waals surface area contributed by atoms with Gasteiger partial charge in [-0.1, -0.05) is 0 Å². The van der Waals surface area contributed by atoms with Crippen LogP contribution in [0.3, 0.4) is 0 Å². The topological polar surface area (TPSA) is 51.5 Å². The molecule has 0 aliphatic heterocycles. The van der Waals surface area contributed by atoms with E-state index in [-0.39, 0.29) is 17.1 Å². The smallest absolute Gasteiger partial charge is 0.198 e. The molecule has 2 rings (SSSR count). The van der Waals surface area contributed by atoms with Gasteiger partial charge in [-0.05, 0) is 18.2 Å². The molecule has 0 bridgehead atoms. The van der Waals surface area contributed by atoms with Crippen LogP contribution in [0.25, 0.3) is 0 Å². The van der Waals surface area contributed by atoms with Gasteiger partial charge in [-0.2, -0.15) is 0 Å². The number of aryl methyl sites for hydroxylation is 1. The van der Waals surface area contributed by atoms with E-state index < -0.39 is 0 Å².